The Labute approximate surface area is 114 Å². The summed E-state index contributed by atoms with van der Waals surface area (Å²) in [6.07, 6.45) is 4.82. The molecular formula is C15H22N2O2. The molecule has 4 nitrogen and oxygen atoms in total. The molecule has 1 aromatic rings. The third-order valence-corrected chi connectivity index (χ3v) is 3.86. The molecule has 19 heavy (non-hydrogen) atoms. The number of nitrogen functional groups attached to an aromatic ring is 1. The highest BCUT2D eigenvalue weighted by atomic mass is 16.5. The second kappa shape index (κ2) is 5.51. The van der Waals surface area contributed by atoms with E-state index in [1.165, 1.54) is 25.7 Å². The van der Waals surface area contributed by atoms with E-state index < -0.39 is 0 Å². The number of methoxy groups -OCH3 is 1. The van der Waals surface area contributed by atoms with Gasteiger partial charge in [0.2, 0.25) is 0 Å². The fourth-order valence-corrected chi connectivity index (χ4v) is 2.44. The Kier molecular flexibility index (Phi) is 3.98. The van der Waals surface area contributed by atoms with Crippen molar-refractivity contribution in [1.29, 1.82) is 0 Å². The molecule has 1 aliphatic rings. The van der Waals surface area contributed by atoms with Gasteiger partial charge in [-0.3, -0.25) is 4.79 Å². The molecular weight excluding hydrogens is 240 g/mol. The van der Waals surface area contributed by atoms with Gasteiger partial charge >= 0.3 is 0 Å². The molecule has 0 atom stereocenters. The van der Waals surface area contributed by atoms with Crippen LogP contribution in [0, 0.1) is 5.41 Å². The van der Waals surface area contributed by atoms with Crippen molar-refractivity contribution in [3.8, 4) is 5.75 Å². The smallest absolute Gasteiger partial charge is 0.251 e. The highest BCUT2D eigenvalue weighted by Crippen LogP contribution is 2.48. The third-order valence-electron chi connectivity index (χ3n) is 3.86. The number of nitrogens with two attached hydrogens (primary N) is 1. The topological polar surface area (TPSA) is 64.4 Å². The Hall–Kier alpha value is -1.71. The van der Waals surface area contributed by atoms with E-state index in [9.17, 15) is 4.79 Å². The molecule has 3 N–H and O–H groups in total. The van der Waals surface area contributed by atoms with Crippen molar-refractivity contribution < 1.29 is 9.53 Å². The number of benzene rings is 1. The van der Waals surface area contributed by atoms with Crippen LogP contribution in [0.4, 0.5) is 5.69 Å². The van der Waals surface area contributed by atoms with Crippen LogP contribution in [-0.2, 0) is 0 Å². The van der Waals surface area contributed by atoms with E-state index in [-0.39, 0.29) is 5.91 Å². The zero-order valence-electron chi connectivity index (χ0n) is 11.7. The van der Waals surface area contributed by atoms with E-state index in [0.29, 0.717) is 22.4 Å². The van der Waals surface area contributed by atoms with Gasteiger partial charge in [-0.2, -0.15) is 0 Å². The summed E-state index contributed by atoms with van der Waals surface area (Å²) >= 11 is 0. The van der Waals surface area contributed by atoms with Crippen LogP contribution in [-0.4, -0.2) is 19.6 Å². The van der Waals surface area contributed by atoms with Crippen LogP contribution < -0.4 is 15.8 Å². The van der Waals surface area contributed by atoms with Gasteiger partial charge in [0.15, 0.2) is 0 Å². The van der Waals surface area contributed by atoms with Crippen molar-refractivity contribution in [2.75, 3.05) is 19.4 Å². The lowest BCUT2D eigenvalue weighted by molar-refractivity contribution is 0.0943. The van der Waals surface area contributed by atoms with Gasteiger partial charge in [0.05, 0.1) is 12.8 Å². The zero-order valence-corrected chi connectivity index (χ0v) is 11.7. The average Bonchev–Trinajstić information content (AvgIpc) is 3.17. The lowest BCUT2D eigenvalue weighted by atomic mass is 10.0. The highest BCUT2D eigenvalue weighted by molar-refractivity contribution is 5.95. The lowest BCUT2D eigenvalue weighted by Gasteiger charge is -2.15. The van der Waals surface area contributed by atoms with Crippen LogP contribution in [0.2, 0.25) is 0 Å². The number of anilines is 1. The Morgan fingerprint density at radius 3 is 2.79 bits per heavy atom. The second-order valence-electron chi connectivity index (χ2n) is 5.39. The summed E-state index contributed by atoms with van der Waals surface area (Å²) < 4.78 is 5.13. The summed E-state index contributed by atoms with van der Waals surface area (Å²) in [5.41, 5.74) is 7.24. The Balaban J connectivity index is 1.96. The van der Waals surface area contributed by atoms with Crippen LogP contribution in [0.5, 0.6) is 5.75 Å². The summed E-state index contributed by atoms with van der Waals surface area (Å²) in [4.78, 5) is 12.1. The summed E-state index contributed by atoms with van der Waals surface area (Å²) in [5.74, 6) is 0.489. The number of nitrogens with one attached hydrogen (secondary N) is 1. The first-order valence-electron chi connectivity index (χ1n) is 6.82. The Morgan fingerprint density at radius 2 is 2.21 bits per heavy atom. The summed E-state index contributed by atoms with van der Waals surface area (Å²) in [5, 5.41) is 3.02. The lowest BCUT2D eigenvalue weighted by Crippen LogP contribution is -2.30. The number of carbonyl (C=O) groups is 1. The fraction of sp³-hybridized carbons (Fsp3) is 0.533. The summed E-state index contributed by atoms with van der Waals surface area (Å²) in [7, 11) is 1.55. The van der Waals surface area contributed by atoms with E-state index in [1.54, 1.807) is 25.3 Å². The van der Waals surface area contributed by atoms with Crippen LogP contribution >= 0.6 is 0 Å². The highest BCUT2D eigenvalue weighted by Gasteiger charge is 2.41. The minimum absolute atomic E-state index is 0.0549. The molecule has 1 amide bonds. The van der Waals surface area contributed by atoms with E-state index >= 15 is 0 Å². The van der Waals surface area contributed by atoms with Crippen molar-refractivity contribution >= 4 is 11.6 Å². The van der Waals surface area contributed by atoms with Gasteiger partial charge in [-0.25, -0.2) is 0 Å². The van der Waals surface area contributed by atoms with Crippen LogP contribution in [0.15, 0.2) is 18.2 Å². The number of rotatable bonds is 6. The van der Waals surface area contributed by atoms with Gasteiger partial charge in [-0.1, -0.05) is 13.3 Å². The van der Waals surface area contributed by atoms with Crippen molar-refractivity contribution in [2.24, 2.45) is 5.41 Å². The van der Waals surface area contributed by atoms with E-state index in [0.717, 1.165) is 6.54 Å². The zero-order chi connectivity index (χ0) is 13.9. The molecule has 0 unspecified atom stereocenters. The van der Waals surface area contributed by atoms with Crippen LogP contribution in [0.1, 0.15) is 43.0 Å². The molecule has 0 bridgehead atoms. The van der Waals surface area contributed by atoms with Gasteiger partial charge in [-0.15, -0.1) is 0 Å². The molecule has 1 aromatic carbocycles. The number of carbonyl (C=O) groups excluding carboxylic acids is 1. The monoisotopic (exact) mass is 262 g/mol. The number of ether oxygens (including phenoxy) is 1. The van der Waals surface area contributed by atoms with Gasteiger partial charge < -0.3 is 15.8 Å². The molecule has 0 aromatic heterocycles. The predicted molar refractivity (Wildman–Crippen MR) is 76.3 cm³/mol. The van der Waals surface area contributed by atoms with Crippen LogP contribution in [0.3, 0.4) is 0 Å². The van der Waals surface area contributed by atoms with Gasteiger partial charge in [0, 0.05) is 12.1 Å². The molecule has 2 rings (SSSR count). The maximum absolute atomic E-state index is 12.1. The molecule has 4 heteroatoms. The molecule has 104 valence electrons. The van der Waals surface area contributed by atoms with Crippen molar-refractivity contribution in [3.63, 3.8) is 0 Å². The Bertz CT molecular complexity index is 467. The summed E-state index contributed by atoms with van der Waals surface area (Å²) in [6, 6.07) is 5.11. The minimum Gasteiger partial charge on any atom is -0.495 e. The molecule has 0 spiro atoms. The van der Waals surface area contributed by atoms with E-state index in [1.807, 2.05) is 0 Å². The molecule has 0 aliphatic heterocycles. The molecule has 1 saturated carbocycles. The van der Waals surface area contributed by atoms with Crippen molar-refractivity contribution in [3.05, 3.63) is 23.8 Å². The maximum atomic E-state index is 12.1. The SMILES string of the molecule is CCCC1(CNC(=O)c2ccc(N)c(OC)c2)CC1. The molecule has 1 aliphatic carbocycles. The van der Waals surface area contributed by atoms with Gasteiger partial charge in [0.25, 0.3) is 5.91 Å². The third kappa shape index (κ3) is 3.19. The average molecular weight is 262 g/mol. The standard InChI is InChI=1S/C15H22N2O2/c1-3-6-15(7-8-15)10-17-14(18)11-4-5-12(16)13(9-11)19-2/h4-5,9H,3,6-8,10,16H2,1-2H3,(H,17,18). The minimum atomic E-state index is -0.0549. The molecule has 0 heterocycles. The normalized spacial score (nSPS) is 15.9. The second-order valence-corrected chi connectivity index (χ2v) is 5.39. The first-order chi connectivity index (χ1) is 9.10. The van der Waals surface area contributed by atoms with Crippen molar-refractivity contribution in [1.82, 2.24) is 5.32 Å². The largest absolute Gasteiger partial charge is 0.495 e. The summed E-state index contributed by atoms with van der Waals surface area (Å²) in [6.45, 7) is 2.96. The first kappa shape index (κ1) is 13.7. The molecule has 0 radical (unpaired) electrons. The number of hydrogen-bond donors (Lipinski definition) is 2. The van der Waals surface area contributed by atoms with Crippen LogP contribution in [0.25, 0.3) is 0 Å². The molecule has 0 saturated heterocycles. The van der Waals surface area contributed by atoms with Crippen molar-refractivity contribution in [2.45, 2.75) is 32.6 Å². The van der Waals surface area contributed by atoms with E-state index in [4.69, 9.17) is 10.5 Å². The van der Waals surface area contributed by atoms with Gasteiger partial charge in [-0.05, 0) is 42.9 Å². The Morgan fingerprint density at radius 1 is 1.47 bits per heavy atom. The fourth-order valence-electron chi connectivity index (χ4n) is 2.44. The van der Waals surface area contributed by atoms with E-state index in [2.05, 4.69) is 12.2 Å². The molecule has 1 fully saturated rings. The quantitative estimate of drug-likeness (QED) is 0.774. The first-order valence-corrected chi connectivity index (χ1v) is 6.82. The maximum Gasteiger partial charge on any atom is 0.251 e. The predicted octanol–water partition coefficient (Wildman–Crippen LogP) is 2.59. The van der Waals surface area contributed by atoms with Gasteiger partial charge in [0.1, 0.15) is 5.75 Å². The number of amides is 1. The number of hydrogen-bond acceptors (Lipinski definition) is 3.